The fourth-order valence-corrected chi connectivity index (χ4v) is 4.77. The maximum absolute atomic E-state index is 13.2. The van der Waals surface area contributed by atoms with Crippen LogP contribution in [0.1, 0.15) is 81.2 Å². The van der Waals surface area contributed by atoms with Gasteiger partial charge >= 0.3 is 18.3 Å². The number of piperidine rings is 1. The molecule has 1 aliphatic heterocycles. The number of likely N-dealkylation sites (tertiary alicyclic amines) is 1. The Morgan fingerprint density at radius 2 is 1.37 bits per heavy atom. The standard InChI is InChI=1S/C26H38IN5O6/c1-24(2,3)36-21(33)30-12-10-16(11-13-30)31-14-17(27)18-19(31)28-15-29-20(18)32(22(34)37-25(4,5)6)23(35)38-26(7,8)9/h14-16H,10-13H2,1-9H3. The van der Waals surface area contributed by atoms with Gasteiger partial charge < -0.3 is 23.7 Å². The number of rotatable bonds is 2. The molecule has 3 rings (SSSR count). The third kappa shape index (κ3) is 7.48. The van der Waals surface area contributed by atoms with Gasteiger partial charge in [0, 0.05) is 28.9 Å². The lowest BCUT2D eigenvalue weighted by Gasteiger charge is -2.34. The minimum Gasteiger partial charge on any atom is -0.444 e. The van der Waals surface area contributed by atoms with Crippen LogP contribution >= 0.6 is 22.6 Å². The first kappa shape index (κ1) is 29.9. The number of carbonyl (C=O) groups is 3. The predicted octanol–water partition coefficient (Wildman–Crippen LogP) is 6.28. The predicted molar refractivity (Wildman–Crippen MR) is 151 cm³/mol. The number of aromatic nitrogens is 3. The number of amides is 3. The van der Waals surface area contributed by atoms with E-state index in [2.05, 4.69) is 32.6 Å². The first-order chi connectivity index (χ1) is 17.4. The Morgan fingerprint density at radius 1 is 0.868 bits per heavy atom. The maximum atomic E-state index is 13.2. The molecule has 0 atom stereocenters. The Morgan fingerprint density at radius 3 is 1.84 bits per heavy atom. The minimum absolute atomic E-state index is 0.0546. The van der Waals surface area contributed by atoms with E-state index < -0.39 is 29.0 Å². The van der Waals surface area contributed by atoms with Crippen molar-refractivity contribution in [3.63, 3.8) is 0 Å². The zero-order valence-corrected chi connectivity index (χ0v) is 25.8. The molecule has 1 saturated heterocycles. The molecule has 0 spiro atoms. The van der Waals surface area contributed by atoms with Crippen LogP contribution in [0.15, 0.2) is 12.5 Å². The third-order valence-corrected chi connectivity index (χ3v) is 6.23. The van der Waals surface area contributed by atoms with Gasteiger partial charge in [-0.2, -0.15) is 4.90 Å². The second kappa shape index (κ2) is 10.9. The van der Waals surface area contributed by atoms with Gasteiger partial charge in [-0.25, -0.2) is 24.4 Å². The zero-order chi connectivity index (χ0) is 28.6. The van der Waals surface area contributed by atoms with E-state index in [0.29, 0.717) is 37.0 Å². The van der Waals surface area contributed by atoms with E-state index >= 15 is 0 Å². The molecule has 2 aromatic rings. The number of halogens is 1. The number of hydrogen-bond donors (Lipinski definition) is 0. The zero-order valence-electron chi connectivity index (χ0n) is 23.6. The molecule has 0 radical (unpaired) electrons. The number of hydrogen-bond acceptors (Lipinski definition) is 8. The van der Waals surface area contributed by atoms with E-state index in [4.69, 9.17) is 14.2 Å². The van der Waals surface area contributed by atoms with Crippen LogP contribution in [-0.4, -0.2) is 67.6 Å². The lowest BCUT2D eigenvalue weighted by molar-refractivity contribution is 0.0188. The molecular formula is C26H38IN5O6. The maximum Gasteiger partial charge on any atom is 0.425 e. The summed E-state index contributed by atoms with van der Waals surface area (Å²) in [5.74, 6) is 0.0906. The van der Waals surface area contributed by atoms with Crippen molar-refractivity contribution in [2.45, 2.75) is 98.0 Å². The quantitative estimate of drug-likeness (QED) is 0.277. The number of imide groups is 1. The van der Waals surface area contributed by atoms with E-state index in [1.165, 1.54) is 6.33 Å². The molecule has 3 amide bonds. The molecule has 38 heavy (non-hydrogen) atoms. The van der Waals surface area contributed by atoms with Gasteiger partial charge in [-0.05, 0) is 97.7 Å². The van der Waals surface area contributed by atoms with Crippen LogP contribution in [0.3, 0.4) is 0 Å². The molecule has 2 aromatic heterocycles. The normalized spacial score (nSPS) is 15.4. The SMILES string of the molecule is CC(C)(C)OC(=O)N1CCC(n2cc(I)c3c(N(C(=O)OC(C)(C)C)C(=O)OC(C)(C)C)ncnc32)CC1. The molecule has 1 aliphatic rings. The lowest BCUT2D eigenvalue weighted by atomic mass is 10.1. The summed E-state index contributed by atoms with van der Waals surface area (Å²) in [6, 6.07) is 0.0546. The van der Waals surface area contributed by atoms with Crippen LogP contribution in [-0.2, 0) is 14.2 Å². The van der Waals surface area contributed by atoms with E-state index in [1.807, 2.05) is 31.5 Å². The molecule has 0 bridgehead atoms. The summed E-state index contributed by atoms with van der Waals surface area (Å²) in [7, 11) is 0. The summed E-state index contributed by atoms with van der Waals surface area (Å²) in [5.41, 5.74) is -1.66. The number of ether oxygens (including phenoxy) is 3. The second-order valence-corrected chi connectivity index (χ2v) is 13.4. The smallest absolute Gasteiger partial charge is 0.425 e. The number of fused-ring (bicyclic) bond motifs is 1. The topological polar surface area (TPSA) is 116 Å². The lowest BCUT2D eigenvalue weighted by Crippen LogP contribution is -2.44. The molecule has 0 aromatic carbocycles. The van der Waals surface area contributed by atoms with Gasteiger partial charge in [0.05, 0.1) is 5.39 Å². The van der Waals surface area contributed by atoms with E-state index in [9.17, 15) is 14.4 Å². The molecule has 0 aliphatic carbocycles. The first-order valence-electron chi connectivity index (χ1n) is 12.6. The Hall–Kier alpha value is -2.64. The molecule has 210 valence electrons. The number of carbonyl (C=O) groups excluding carboxylic acids is 3. The summed E-state index contributed by atoms with van der Waals surface area (Å²) in [6.45, 7) is 16.9. The van der Waals surface area contributed by atoms with Crippen LogP contribution in [0.5, 0.6) is 0 Å². The Balaban J connectivity index is 1.96. The van der Waals surface area contributed by atoms with Gasteiger partial charge in [-0.1, -0.05) is 0 Å². The summed E-state index contributed by atoms with van der Waals surface area (Å²) >= 11 is 2.15. The molecule has 3 heterocycles. The van der Waals surface area contributed by atoms with Gasteiger partial charge in [0.1, 0.15) is 28.8 Å². The molecule has 0 N–H and O–H groups in total. The number of anilines is 1. The molecule has 12 heteroatoms. The van der Waals surface area contributed by atoms with Crippen LogP contribution in [0.4, 0.5) is 20.2 Å². The van der Waals surface area contributed by atoms with Crippen molar-refractivity contribution in [2.75, 3.05) is 18.0 Å². The fraction of sp³-hybridized carbons (Fsp3) is 0.654. The van der Waals surface area contributed by atoms with E-state index in [-0.39, 0.29) is 18.0 Å². The molecular weight excluding hydrogens is 605 g/mol. The van der Waals surface area contributed by atoms with Gasteiger partial charge in [-0.15, -0.1) is 0 Å². The van der Waals surface area contributed by atoms with E-state index in [0.717, 1.165) is 8.47 Å². The summed E-state index contributed by atoms with van der Waals surface area (Å²) in [4.78, 5) is 50.3. The van der Waals surface area contributed by atoms with Crippen LogP contribution < -0.4 is 4.90 Å². The van der Waals surface area contributed by atoms with Crippen molar-refractivity contribution in [3.8, 4) is 0 Å². The highest BCUT2D eigenvalue weighted by molar-refractivity contribution is 14.1. The molecule has 11 nitrogen and oxygen atoms in total. The van der Waals surface area contributed by atoms with Crippen LogP contribution in [0.25, 0.3) is 11.0 Å². The first-order valence-corrected chi connectivity index (χ1v) is 13.7. The van der Waals surface area contributed by atoms with Crippen molar-refractivity contribution in [2.24, 2.45) is 0 Å². The second-order valence-electron chi connectivity index (χ2n) is 12.3. The highest BCUT2D eigenvalue weighted by atomic mass is 127. The summed E-state index contributed by atoms with van der Waals surface area (Å²) < 4.78 is 19.4. The largest absolute Gasteiger partial charge is 0.444 e. The van der Waals surface area contributed by atoms with Crippen molar-refractivity contribution < 1.29 is 28.6 Å². The van der Waals surface area contributed by atoms with Gasteiger partial charge in [-0.3, -0.25) is 0 Å². The average Bonchev–Trinajstić information content (AvgIpc) is 3.07. The van der Waals surface area contributed by atoms with Gasteiger partial charge in [0.25, 0.3) is 0 Å². The van der Waals surface area contributed by atoms with Crippen molar-refractivity contribution in [1.29, 1.82) is 0 Å². The van der Waals surface area contributed by atoms with Crippen molar-refractivity contribution in [1.82, 2.24) is 19.4 Å². The Labute approximate surface area is 237 Å². The van der Waals surface area contributed by atoms with Gasteiger partial charge in [0.15, 0.2) is 5.82 Å². The Kier molecular flexibility index (Phi) is 8.54. The third-order valence-electron chi connectivity index (χ3n) is 5.42. The van der Waals surface area contributed by atoms with Crippen LogP contribution in [0.2, 0.25) is 0 Å². The van der Waals surface area contributed by atoms with Gasteiger partial charge in [0.2, 0.25) is 0 Å². The monoisotopic (exact) mass is 643 g/mol. The fourth-order valence-electron chi connectivity index (χ4n) is 3.99. The van der Waals surface area contributed by atoms with Crippen molar-refractivity contribution in [3.05, 3.63) is 16.1 Å². The summed E-state index contributed by atoms with van der Waals surface area (Å²) in [6.07, 6.45) is 2.54. The minimum atomic E-state index is -0.888. The molecule has 0 saturated carbocycles. The van der Waals surface area contributed by atoms with Crippen LogP contribution in [0, 0.1) is 3.57 Å². The average molecular weight is 644 g/mol. The highest BCUT2D eigenvalue weighted by Gasteiger charge is 2.36. The molecule has 0 unspecified atom stereocenters. The Bertz CT molecular complexity index is 1170. The number of nitrogens with zero attached hydrogens (tertiary/aromatic N) is 5. The highest BCUT2D eigenvalue weighted by Crippen LogP contribution is 2.35. The van der Waals surface area contributed by atoms with Crippen molar-refractivity contribution >= 4 is 57.7 Å². The van der Waals surface area contributed by atoms with E-state index in [1.54, 1.807) is 46.4 Å². The molecule has 1 fully saturated rings. The summed E-state index contributed by atoms with van der Waals surface area (Å²) in [5, 5.41) is 0.541.